The Kier molecular flexibility index (Phi) is 6.31. The van der Waals surface area contributed by atoms with Crippen LogP contribution in [0.25, 0.3) is 4.85 Å². The number of rotatable bonds is 4. The molecule has 4 unspecified atom stereocenters. The van der Waals surface area contributed by atoms with E-state index in [0.717, 1.165) is 24.8 Å². The molecule has 6 atom stereocenters. The topological polar surface area (TPSA) is 68.0 Å². The van der Waals surface area contributed by atoms with Crippen LogP contribution in [0, 0.1) is 36.1 Å². The molecule has 5 nitrogen and oxygen atoms in total. The molecule has 0 amide bonds. The van der Waals surface area contributed by atoms with Crippen molar-refractivity contribution in [2.24, 2.45) is 23.7 Å². The fourth-order valence-electron chi connectivity index (χ4n) is 7.41. The van der Waals surface area contributed by atoms with Crippen LogP contribution >= 0.6 is 0 Å². The van der Waals surface area contributed by atoms with Crippen molar-refractivity contribution in [3.05, 3.63) is 70.3 Å². The van der Waals surface area contributed by atoms with E-state index >= 15 is 0 Å². The zero-order valence-corrected chi connectivity index (χ0v) is 20.9. The van der Waals surface area contributed by atoms with Gasteiger partial charge in [0.2, 0.25) is 5.69 Å². The zero-order chi connectivity index (χ0) is 26.8. The lowest BCUT2D eigenvalue weighted by molar-refractivity contribution is -0.0604. The van der Waals surface area contributed by atoms with Gasteiger partial charge < -0.3 is 9.29 Å². The quantitative estimate of drug-likeness (QED) is 0.215. The predicted molar refractivity (Wildman–Crippen MR) is 128 cm³/mol. The second-order valence-electron chi connectivity index (χ2n) is 10.7. The smallest absolute Gasteiger partial charge is 0.389 e. The van der Waals surface area contributed by atoms with Gasteiger partial charge in [-0.3, -0.25) is 0 Å². The maximum atomic E-state index is 14.9. The molecule has 0 radical (unpaired) electrons. The number of fused-ring (bicyclic) bond motifs is 5. The van der Waals surface area contributed by atoms with Gasteiger partial charge in [0.15, 0.2) is 0 Å². The van der Waals surface area contributed by atoms with Gasteiger partial charge in [0, 0.05) is 6.42 Å². The van der Waals surface area contributed by atoms with Gasteiger partial charge in [0.05, 0.1) is 12.2 Å². The second-order valence-corrected chi connectivity index (χ2v) is 12.3. The number of benzene rings is 2. The van der Waals surface area contributed by atoms with Crippen LogP contribution in [0.1, 0.15) is 55.2 Å². The summed E-state index contributed by atoms with van der Waals surface area (Å²) in [6, 6.07) is 8.77. The minimum atomic E-state index is -5.75. The van der Waals surface area contributed by atoms with Gasteiger partial charge in [-0.05, 0) is 90.5 Å². The Bertz CT molecular complexity index is 1350. The first-order valence-corrected chi connectivity index (χ1v) is 13.8. The van der Waals surface area contributed by atoms with Crippen molar-refractivity contribution in [3.63, 3.8) is 0 Å². The fourth-order valence-corrected chi connectivity index (χ4v) is 7.86. The molecule has 5 rings (SSSR count). The van der Waals surface area contributed by atoms with Crippen molar-refractivity contribution < 1.29 is 35.3 Å². The molecule has 0 spiro atoms. The maximum Gasteiger partial charge on any atom is 0.534 e. The van der Waals surface area contributed by atoms with E-state index in [-0.39, 0.29) is 29.4 Å². The summed E-state index contributed by atoms with van der Waals surface area (Å²) >= 11 is 0. The minimum absolute atomic E-state index is 0.0178. The summed E-state index contributed by atoms with van der Waals surface area (Å²) < 4.78 is 79.3. The van der Waals surface area contributed by atoms with Crippen LogP contribution in [0.3, 0.4) is 0 Å². The molecule has 1 N–H and O–H groups in total. The van der Waals surface area contributed by atoms with Gasteiger partial charge in [-0.2, -0.15) is 21.6 Å². The third-order valence-electron chi connectivity index (χ3n) is 8.73. The Labute approximate surface area is 213 Å². The number of nitrogens with zero attached hydrogens (tertiary/aromatic N) is 1. The molecule has 37 heavy (non-hydrogen) atoms. The monoisotopic (exact) mass is 537 g/mol. The molecule has 2 saturated carbocycles. The van der Waals surface area contributed by atoms with Crippen molar-refractivity contribution in [3.8, 4) is 5.75 Å². The molecule has 0 aliphatic heterocycles. The van der Waals surface area contributed by atoms with Crippen molar-refractivity contribution in [2.45, 2.75) is 62.5 Å². The molecule has 3 aliphatic carbocycles. The molecule has 0 heterocycles. The van der Waals surface area contributed by atoms with Crippen LogP contribution in [0.15, 0.2) is 36.4 Å². The van der Waals surface area contributed by atoms with Gasteiger partial charge in [0.25, 0.3) is 0 Å². The zero-order valence-electron chi connectivity index (χ0n) is 20.1. The van der Waals surface area contributed by atoms with E-state index in [1.165, 1.54) is 24.3 Å². The fraction of sp³-hybridized carbons (Fsp3) is 0.519. The summed E-state index contributed by atoms with van der Waals surface area (Å²) in [5, 5.41) is 11.8. The van der Waals surface area contributed by atoms with Crippen LogP contribution in [0.4, 0.5) is 23.2 Å². The number of alkyl halides is 3. The number of aliphatic hydroxyl groups is 1. The molecule has 0 saturated heterocycles. The lowest BCUT2D eigenvalue weighted by atomic mass is 9.56. The first-order valence-electron chi connectivity index (χ1n) is 12.4. The van der Waals surface area contributed by atoms with Crippen molar-refractivity contribution in [1.29, 1.82) is 0 Å². The average Bonchev–Trinajstić information content (AvgIpc) is 3.17. The lowest BCUT2D eigenvalue weighted by Crippen LogP contribution is -2.47. The molecule has 0 aromatic heterocycles. The highest BCUT2D eigenvalue weighted by Crippen LogP contribution is 2.60. The molecular weight excluding hydrogens is 510 g/mol. The van der Waals surface area contributed by atoms with E-state index in [0.29, 0.717) is 36.3 Å². The molecule has 2 aromatic carbocycles. The first-order chi connectivity index (χ1) is 17.3. The molecular formula is C27H27F4NO4S. The van der Waals surface area contributed by atoms with E-state index in [4.69, 9.17) is 6.57 Å². The van der Waals surface area contributed by atoms with Crippen molar-refractivity contribution in [2.75, 3.05) is 0 Å². The highest BCUT2D eigenvalue weighted by Gasteiger charge is 2.56. The average molecular weight is 538 g/mol. The molecule has 3 aliphatic rings. The maximum absolute atomic E-state index is 14.9. The summed E-state index contributed by atoms with van der Waals surface area (Å²) in [5.41, 5.74) is -4.14. The Morgan fingerprint density at radius 1 is 1.14 bits per heavy atom. The van der Waals surface area contributed by atoms with Crippen LogP contribution in [-0.4, -0.2) is 24.6 Å². The second kappa shape index (κ2) is 8.98. The highest BCUT2D eigenvalue weighted by molar-refractivity contribution is 7.88. The summed E-state index contributed by atoms with van der Waals surface area (Å²) in [6.45, 7) is 9.31. The summed E-state index contributed by atoms with van der Waals surface area (Å²) in [5.74, 6) is 0.0832. The van der Waals surface area contributed by atoms with E-state index in [1.54, 1.807) is 6.07 Å². The molecule has 2 aromatic rings. The third kappa shape index (κ3) is 4.40. The summed E-state index contributed by atoms with van der Waals surface area (Å²) in [4.78, 5) is 3.30. The van der Waals surface area contributed by atoms with Gasteiger partial charge in [-0.25, -0.2) is 9.24 Å². The number of hydrogen-bond acceptors (Lipinski definition) is 4. The summed E-state index contributed by atoms with van der Waals surface area (Å²) in [7, 11) is -5.75. The molecule has 0 bridgehead atoms. The lowest BCUT2D eigenvalue weighted by Gasteiger charge is -2.50. The van der Waals surface area contributed by atoms with Crippen molar-refractivity contribution in [1.82, 2.24) is 0 Å². The molecule has 198 valence electrons. The highest BCUT2D eigenvalue weighted by atomic mass is 32.2. The van der Waals surface area contributed by atoms with Gasteiger partial charge in [-0.1, -0.05) is 31.2 Å². The van der Waals surface area contributed by atoms with Crippen LogP contribution in [0.2, 0.25) is 0 Å². The third-order valence-corrected chi connectivity index (χ3v) is 9.71. The molecule has 2 fully saturated rings. The first kappa shape index (κ1) is 26.0. The number of hydrogen-bond donors (Lipinski definition) is 1. The Morgan fingerprint density at radius 2 is 1.84 bits per heavy atom. The Balaban J connectivity index is 1.34. The van der Waals surface area contributed by atoms with Gasteiger partial charge >= 0.3 is 15.6 Å². The van der Waals surface area contributed by atoms with E-state index in [1.807, 2.05) is 6.07 Å². The number of halogens is 4. The summed E-state index contributed by atoms with van der Waals surface area (Å²) in [6.07, 6.45) is 3.88. The van der Waals surface area contributed by atoms with Gasteiger partial charge in [0.1, 0.15) is 11.6 Å². The predicted octanol–water partition coefficient (Wildman–Crippen LogP) is 6.29. The Hall–Kier alpha value is -2.64. The van der Waals surface area contributed by atoms with E-state index in [2.05, 4.69) is 16.0 Å². The SMILES string of the molecule is [C-]#[N+]c1ccc2c(c1F)CCC1C2C[C@@H](C)C2C1CC[C@@]2(O)Cc1ccc(OS(=O)(=O)C(F)(F)F)cc1. The van der Waals surface area contributed by atoms with Gasteiger partial charge in [-0.15, -0.1) is 0 Å². The van der Waals surface area contributed by atoms with Crippen LogP contribution in [0.5, 0.6) is 5.75 Å². The minimum Gasteiger partial charge on any atom is -0.389 e. The Morgan fingerprint density at radius 3 is 2.49 bits per heavy atom. The van der Waals surface area contributed by atoms with E-state index in [9.17, 15) is 31.1 Å². The molecule has 10 heteroatoms. The van der Waals surface area contributed by atoms with Crippen molar-refractivity contribution >= 4 is 15.8 Å². The van der Waals surface area contributed by atoms with Crippen LogP contribution < -0.4 is 4.18 Å². The standard InChI is InChI=1S/C27H27F4NO4S/c1-15-13-22-18(7-8-21-19(22)9-10-23(32-2)25(21)28)20-11-12-26(33,24(15)20)14-16-3-5-17(6-4-16)36-37(34,35)27(29,30)31/h3-6,9-10,15,18,20,22,24,33H,7-8,11-14H2,1H3/t15-,18?,20?,22?,24?,26-/m1/s1. The largest absolute Gasteiger partial charge is 0.534 e. The van der Waals surface area contributed by atoms with E-state index < -0.39 is 32.8 Å². The normalized spacial score (nSPS) is 31.1. The van der Waals surface area contributed by atoms with Crippen LogP contribution in [-0.2, 0) is 23.0 Å².